The molecule has 7 heteroatoms. The van der Waals surface area contributed by atoms with E-state index in [-0.39, 0.29) is 5.56 Å². The first-order valence-corrected chi connectivity index (χ1v) is 7.03. The third kappa shape index (κ3) is 4.08. The van der Waals surface area contributed by atoms with Crippen molar-refractivity contribution in [3.05, 3.63) is 65.5 Å². The van der Waals surface area contributed by atoms with Gasteiger partial charge < -0.3 is 20.3 Å². The van der Waals surface area contributed by atoms with Crippen molar-refractivity contribution in [2.75, 3.05) is 7.11 Å². The molecule has 0 fully saturated rings. The summed E-state index contributed by atoms with van der Waals surface area (Å²) in [4.78, 5) is 23.5. The van der Waals surface area contributed by atoms with Gasteiger partial charge in [0, 0.05) is 5.56 Å². The Morgan fingerprint density at radius 2 is 1.83 bits per heavy atom. The molecule has 0 saturated heterocycles. The number of amides is 1. The molecule has 0 radical (unpaired) electrons. The van der Waals surface area contributed by atoms with Crippen LogP contribution in [0.2, 0.25) is 0 Å². The lowest BCUT2D eigenvalue weighted by atomic mass is 10.0. The maximum Gasteiger partial charge on any atom is 0.329 e. The minimum atomic E-state index is -1.59. The summed E-state index contributed by atoms with van der Waals surface area (Å²) in [5.74, 6) is -2.29. The van der Waals surface area contributed by atoms with Crippen LogP contribution in [0.5, 0.6) is 5.75 Å². The number of aliphatic hydroxyl groups excluding tert-OH is 1. The fourth-order valence-corrected chi connectivity index (χ4v) is 2.12. The number of aliphatic carboxylic acids is 1. The standard InChI is InChI=1S/C17H16FNO5/c1-24-13-7-5-10(6-8-13)15(20)14(17(22)23)19-16(21)11-3-2-4-12(18)9-11/h2-9,14-15,20H,1H3,(H,19,21)(H,22,23). The van der Waals surface area contributed by atoms with Crippen molar-refractivity contribution in [3.63, 3.8) is 0 Å². The first kappa shape index (κ1) is 17.4. The zero-order valence-electron chi connectivity index (χ0n) is 12.8. The summed E-state index contributed by atoms with van der Waals surface area (Å²) in [5.41, 5.74) is 0.255. The highest BCUT2D eigenvalue weighted by Gasteiger charge is 2.30. The lowest BCUT2D eigenvalue weighted by Crippen LogP contribution is -2.45. The van der Waals surface area contributed by atoms with Gasteiger partial charge in [0.25, 0.3) is 5.91 Å². The first-order chi connectivity index (χ1) is 11.4. The summed E-state index contributed by atoms with van der Waals surface area (Å²) >= 11 is 0. The lowest BCUT2D eigenvalue weighted by molar-refractivity contribution is -0.142. The van der Waals surface area contributed by atoms with Crippen LogP contribution in [0.3, 0.4) is 0 Å². The largest absolute Gasteiger partial charge is 0.497 e. The molecule has 2 rings (SSSR count). The van der Waals surface area contributed by atoms with Crippen molar-refractivity contribution in [1.82, 2.24) is 5.32 Å². The molecule has 2 aromatic carbocycles. The molecule has 1 amide bonds. The number of carbonyl (C=O) groups excluding carboxylic acids is 1. The summed E-state index contributed by atoms with van der Waals surface area (Å²) in [7, 11) is 1.48. The number of benzene rings is 2. The van der Waals surface area contributed by atoms with Gasteiger partial charge in [-0.2, -0.15) is 0 Å². The van der Waals surface area contributed by atoms with Gasteiger partial charge in [-0.1, -0.05) is 18.2 Å². The summed E-state index contributed by atoms with van der Waals surface area (Å²) in [5, 5.41) is 21.7. The van der Waals surface area contributed by atoms with Gasteiger partial charge in [-0.25, -0.2) is 9.18 Å². The number of methoxy groups -OCH3 is 1. The lowest BCUT2D eigenvalue weighted by Gasteiger charge is -2.21. The zero-order chi connectivity index (χ0) is 17.7. The Hall–Kier alpha value is -2.93. The average molecular weight is 333 g/mol. The van der Waals surface area contributed by atoms with Crippen LogP contribution in [0.15, 0.2) is 48.5 Å². The Balaban J connectivity index is 2.18. The quantitative estimate of drug-likeness (QED) is 0.748. The van der Waals surface area contributed by atoms with Crippen LogP contribution < -0.4 is 10.1 Å². The molecular formula is C17H16FNO5. The zero-order valence-corrected chi connectivity index (χ0v) is 12.8. The van der Waals surface area contributed by atoms with Gasteiger partial charge in [0.1, 0.15) is 17.7 Å². The summed E-state index contributed by atoms with van der Waals surface area (Å²) in [6.07, 6.45) is -1.48. The van der Waals surface area contributed by atoms with Crippen LogP contribution in [-0.4, -0.2) is 35.2 Å². The first-order valence-electron chi connectivity index (χ1n) is 7.03. The molecule has 0 aliphatic rings. The molecule has 0 aromatic heterocycles. The second-order valence-electron chi connectivity index (χ2n) is 5.02. The van der Waals surface area contributed by atoms with Gasteiger partial charge in [-0.15, -0.1) is 0 Å². The molecule has 3 N–H and O–H groups in total. The number of nitrogens with one attached hydrogen (secondary N) is 1. The van der Waals surface area contributed by atoms with Crippen molar-refractivity contribution in [1.29, 1.82) is 0 Å². The fourth-order valence-electron chi connectivity index (χ4n) is 2.12. The van der Waals surface area contributed by atoms with E-state index in [1.54, 1.807) is 12.1 Å². The van der Waals surface area contributed by atoms with Gasteiger partial charge in [0.05, 0.1) is 7.11 Å². The molecule has 0 saturated carbocycles. The molecular weight excluding hydrogens is 317 g/mol. The van der Waals surface area contributed by atoms with Gasteiger partial charge in [-0.05, 0) is 35.9 Å². The van der Waals surface area contributed by atoms with Crippen LogP contribution in [0.1, 0.15) is 22.0 Å². The van der Waals surface area contributed by atoms with Crippen molar-refractivity contribution < 1.29 is 28.9 Å². The topological polar surface area (TPSA) is 95.9 Å². The Morgan fingerprint density at radius 1 is 1.17 bits per heavy atom. The number of carboxylic acid groups (broad SMARTS) is 1. The number of hydrogen-bond donors (Lipinski definition) is 3. The van der Waals surface area contributed by atoms with Crippen molar-refractivity contribution in [2.24, 2.45) is 0 Å². The summed E-state index contributed by atoms with van der Waals surface area (Å²) < 4.78 is 18.1. The van der Waals surface area contributed by atoms with E-state index in [1.165, 1.54) is 31.4 Å². The summed E-state index contributed by atoms with van der Waals surface area (Å²) in [6.45, 7) is 0. The van der Waals surface area contributed by atoms with E-state index in [9.17, 15) is 24.2 Å². The molecule has 24 heavy (non-hydrogen) atoms. The molecule has 6 nitrogen and oxygen atoms in total. The van der Waals surface area contributed by atoms with Gasteiger partial charge in [0.15, 0.2) is 6.04 Å². The highest BCUT2D eigenvalue weighted by Crippen LogP contribution is 2.21. The molecule has 2 aromatic rings. The maximum atomic E-state index is 13.2. The normalized spacial score (nSPS) is 13.0. The monoisotopic (exact) mass is 333 g/mol. The number of ether oxygens (including phenoxy) is 1. The van der Waals surface area contributed by atoms with Crippen molar-refractivity contribution in [2.45, 2.75) is 12.1 Å². The van der Waals surface area contributed by atoms with E-state index in [0.29, 0.717) is 11.3 Å². The van der Waals surface area contributed by atoms with E-state index >= 15 is 0 Å². The van der Waals surface area contributed by atoms with Gasteiger partial charge in [0.2, 0.25) is 0 Å². The van der Waals surface area contributed by atoms with Crippen LogP contribution in [0, 0.1) is 5.82 Å². The summed E-state index contributed by atoms with van der Waals surface area (Å²) in [6, 6.07) is 9.34. The molecule has 126 valence electrons. The maximum absolute atomic E-state index is 13.2. The Labute approximate surface area is 137 Å². The van der Waals surface area contributed by atoms with E-state index < -0.39 is 29.8 Å². The van der Waals surface area contributed by atoms with E-state index in [2.05, 4.69) is 5.32 Å². The van der Waals surface area contributed by atoms with E-state index in [0.717, 1.165) is 12.1 Å². The fraction of sp³-hybridized carbons (Fsp3) is 0.176. The number of rotatable bonds is 6. The smallest absolute Gasteiger partial charge is 0.329 e. The molecule has 0 bridgehead atoms. The molecule has 0 spiro atoms. The third-order valence-corrected chi connectivity index (χ3v) is 3.41. The van der Waals surface area contributed by atoms with Crippen molar-refractivity contribution >= 4 is 11.9 Å². The van der Waals surface area contributed by atoms with E-state index in [4.69, 9.17) is 4.74 Å². The SMILES string of the molecule is COc1ccc(C(O)C(NC(=O)c2cccc(F)c2)C(=O)O)cc1. The predicted octanol–water partition coefficient (Wildman–Crippen LogP) is 1.75. The predicted molar refractivity (Wildman–Crippen MR) is 83.2 cm³/mol. The Bertz CT molecular complexity index is 732. The van der Waals surface area contributed by atoms with Crippen LogP contribution in [-0.2, 0) is 4.79 Å². The number of halogens is 1. The van der Waals surface area contributed by atoms with Crippen molar-refractivity contribution in [3.8, 4) is 5.75 Å². The molecule has 2 atom stereocenters. The highest BCUT2D eigenvalue weighted by molar-refractivity contribution is 5.96. The highest BCUT2D eigenvalue weighted by atomic mass is 19.1. The second kappa shape index (κ2) is 7.56. The van der Waals surface area contributed by atoms with Crippen LogP contribution in [0.25, 0.3) is 0 Å². The minimum absolute atomic E-state index is 0.0387. The van der Waals surface area contributed by atoms with Gasteiger partial charge in [-0.3, -0.25) is 4.79 Å². The number of carboxylic acids is 1. The third-order valence-electron chi connectivity index (χ3n) is 3.41. The van der Waals surface area contributed by atoms with Crippen LogP contribution in [0.4, 0.5) is 4.39 Å². The Morgan fingerprint density at radius 3 is 2.38 bits per heavy atom. The minimum Gasteiger partial charge on any atom is -0.497 e. The number of carbonyl (C=O) groups is 2. The molecule has 2 unspecified atom stereocenters. The number of aliphatic hydroxyl groups is 1. The number of hydrogen-bond acceptors (Lipinski definition) is 4. The molecule has 0 aliphatic heterocycles. The van der Waals surface area contributed by atoms with E-state index in [1.807, 2.05) is 0 Å². The Kier molecular flexibility index (Phi) is 5.49. The molecule has 0 heterocycles. The molecule has 0 aliphatic carbocycles. The van der Waals surface area contributed by atoms with Gasteiger partial charge >= 0.3 is 5.97 Å². The van der Waals surface area contributed by atoms with Crippen LogP contribution >= 0.6 is 0 Å². The second-order valence-corrected chi connectivity index (χ2v) is 5.02. The average Bonchev–Trinajstić information content (AvgIpc) is 2.58.